The highest BCUT2D eigenvalue weighted by Gasteiger charge is 2.47. The highest BCUT2D eigenvalue weighted by atomic mass is 31.3. The van der Waals surface area contributed by atoms with E-state index in [1.807, 2.05) is 0 Å². The van der Waals surface area contributed by atoms with Gasteiger partial charge in [-0.3, -0.25) is 13.9 Å². The molecule has 22 nitrogen and oxygen atoms in total. The number of amides is 1. The molecule has 6 atom stereocenters. The van der Waals surface area contributed by atoms with Gasteiger partial charge >= 0.3 is 29.2 Å². The van der Waals surface area contributed by atoms with Crippen LogP contribution in [0.5, 0.6) is 5.88 Å². The number of nitrogens with one attached hydrogen (secondary N) is 1. The molecule has 2 aromatic heterocycles. The predicted molar refractivity (Wildman–Crippen MR) is 137 cm³/mol. The van der Waals surface area contributed by atoms with Crippen molar-refractivity contribution in [3.8, 4) is 17.7 Å². The summed E-state index contributed by atoms with van der Waals surface area (Å²) in [4.78, 5) is 72.3. The molecule has 1 fully saturated rings. The highest BCUT2D eigenvalue weighted by molar-refractivity contribution is 7.66. The molecule has 1 saturated heterocycles. The van der Waals surface area contributed by atoms with Crippen LogP contribution in [-0.4, -0.2) is 81.7 Å². The molecule has 1 aliphatic heterocycles. The summed E-state index contributed by atoms with van der Waals surface area (Å²) >= 11 is 0. The normalized spacial score (nSPS) is 23.0. The molecule has 11 N–H and O–H groups in total. The molecule has 0 aromatic carbocycles. The summed E-state index contributed by atoms with van der Waals surface area (Å²) in [5, 5.41) is 23.2. The summed E-state index contributed by atoms with van der Waals surface area (Å²) in [7, 11) is -17.0. The minimum absolute atomic E-state index is 0.0676. The maximum Gasteiger partial charge on any atom is 0.490 e. The maximum absolute atomic E-state index is 12.4. The van der Waals surface area contributed by atoms with Gasteiger partial charge in [0.05, 0.1) is 24.3 Å². The number of nitrogen functional groups attached to an aromatic ring is 1. The van der Waals surface area contributed by atoms with Crippen molar-refractivity contribution in [3.05, 3.63) is 46.1 Å². The van der Waals surface area contributed by atoms with E-state index in [-0.39, 0.29) is 29.4 Å². The number of ether oxygens (including phenoxy) is 1. The van der Waals surface area contributed by atoms with Gasteiger partial charge in [-0.15, -0.1) is 0 Å². The van der Waals surface area contributed by atoms with Gasteiger partial charge in [0.15, 0.2) is 6.23 Å². The number of carbonyl (C=O) groups is 1. The molecule has 1 amide bonds. The van der Waals surface area contributed by atoms with Crippen LogP contribution in [0.1, 0.15) is 22.1 Å². The fraction of sp³-hybridized carbons (Fsp3) is 0.333. The number of anilines is 1. The van der Waals surface area contributed by atoms with E-state index in [4.69, 9.17) is 26.2 Å². The van der Waals surface area contributed by atoms with Crippen molar-refractivity contribution in [2.24, 2.45) is 5.90 Å². The van der Waals surface area contributed by atoms with Gasteiger partial charge in [-0.05, 0) is 6.07 Å². The van der Waals surface area contributed by atoms with Gasteiger partial charge in [-0.2, -0.15) is 19.5 Å². The Morgan fingerprint density at radius 1 is 1.12 bits per heavy atom. The van der Waals surface area contributed by atoms with Crippen molar-refractivity contribution in [3.63, 3.8) is 0 Å². The molecule has 0 aliphatic carbocycles. The predicted octanol–water partition coefficient (Wildman–Crippen LogP) is -2.78. The van der Waals surface area contributed by atoms with Gasteiger partial charge in [0.2, 0.25) is 5.88 Å². The zero-order chi connectivity index (χ0) is 32.2. The summed E-state index contributed by atoms with van der Waals surface area (Å²) in [6, 6.07) is 2.76. The third kappa shape index (κ3) is 9.70. The van der Waals surface area contributed by atoms with Crippen molar-refractivity contribution in [1.29, 1.82) is 0 Å². The molecule has 0 spiro atoms. The van der Waals surface area contributed by atoms with E-state index in [1.54, 1.807) is 0 Å². The molecule has 0 bridgehead atoms. The molecule has 25 heteroatoms. The zero-order valence-corrected chi connectivity index (χ0v) is 23.8. The Hall–Kier alpha value is -3.09. The molecular weight excluding hydrogens is 649 g/mol. The number of phosphoric ester groups is 1. The molecule has 43 heavy (non-hydrogen) atoms. The average molecular weight is 672 g/mol. The lowest BCUT2D eigenvalue weighted by Crippen LogP contribution is -2.36. The molecule has 2 unspecified atom stereocenters. The number of carbonyl (C=O) groups excluding carboxylic acids is 1. The van der Waals surface area contributed by atoms with E-state index in [0.29, 0.717) is 4.57 Å². The molecule has 236 valence electrons. The Morgan fingerprint density at radius 2 is 1.81 bits per heavy atom. The van der Waals surface area contributed by atoms with Crippen LogP contribution in [0.2, 0.25) is 0 Å². The Labute approximate surface area is 239 Å². The molecular formula is C18H23N6O16P3. The van der Waals surface area contributed by atoms with Gasteiger partial charge in [0, 0.05) is 18.5 Å². The van der Waals surface area contributed by atoms with Crippen molar-refractivity contribution in [1.82, 2.24) is 19.9 Å². The first-order valence-electron chi connectivity index (χ1n) is 11.2. The second kappa shape index (κ2) is 13.7. The minimum atomic E-state index is -5.80. The van der Waals surface area contributed by atoms with Crippen LogP contribution in [0.3, 0.4) is 0 Å². The molecule has 0 saturated carbocycles. The van der Waals surface area contributed by atoms with Crippen molar-refractivity contribution < 1.29 is 71.0 Å². The number of hydrogen-bond acceptors (Lipinski definition) is 16. The van der Waals surface area contributed by atoms with Crippen molar-refractivity contribution in [2.75, 3.05) is 18.9 Å². The SMILES string of the molecule is NOc1ccc(C(=O)NCC#Cc2cn([C@@H]3O[C@H](COP(=O)(O)OP(=O)(O)OP(=O)(O)O)[C@@H](O)[C@H]3O)c(=O)nc2N)cn1. The monoisotopic (exact) mass is 672 g/mol. The largest absolute Gasteiger partial charge is 0.490 e. The first kappa shape index (κ1) is 34.4. The van der Waals surface area contributed by atoms with Gasteiger partial charge < -0.3 is 50.4 Å². The van der Waals surface area contributed by atoms with E-state index >= 15 is 0 Å². The van der Waals surface area contributed by atoms with E-state index in [9.17, 15) is 43.3 Å². The van der Waals surface area contributed by atoms with Gasteiger partial charge in [-0.25, -0.2) is 23.5 Å². The lowest BCUT2D eigenvalue weighted by atomic mass is 10.1. The van der Waals surface area contributed by atoms with Gasteiger partial charge in [0.25, 0.3) is 5.91 Å². The highest BCUT2D eigenvalue weighted by Crippen LogP contribution is 2.66. The number of aliphatic hydroxyl groups is 2. The number of phosphoric acid groups is 3. The summed E-state index contributed by atoms with van der Waals surface area (Å²) in [5.41, 5.74) is 4.76. The Balaban J connectivity index is 1.67. The topological polar surface area (TPSA) is 348 Å². The van der Waals surface area contributed by atoms with Crippen molar-refractivity contribution in [2.45, 2.75) is 24.5 Å². The third-order valence-electron chi connectivity index (χ3n) is 5.09. The quantitative estimate of drug-likeness (QED) is 0.0662. The van der Waals surface area contributed by atoms with Crippen LogP contribution in [0.15, 0.2) is 29.3 Å². The van der Waals surface area contributed by atoms with Crippen LogP contribution in [0.25, 0.3) is 0 Å². The van der Waals surface area contributed by atoms with Crippen LogP contribution in [-0.2, 0) is 31.6 Å². The van der Waals surface area contributed by atoms with Crippen LogP contribution >= 0.6 is 23.5 Å². The number of hydrogen-bond donors (Lipinski definition) is 9. The second-order valence-electron chi connectivity index (χ2n) is 8.15. The minimum Gasteiger partial charge on any atom is -0.391 e. The maximum atomic E-state index is 12.4. The van der Waals surface area contributed by atoms with Gasteiger partial charge in [0.1, 0.15) is 24.1 Å². The number of aliphatic hydroxyl groups excluding tert-OH is 2. The Kier molecular flexibility index (Phi) is 11.0. The fourth-order valence-corrected chi connectivity index (χ4v) is 6.31. The van der Waals surface area contributed by atoms with Crippen molar-refractivity contribution >= 4 is 35.2 Å². The van der Waals surface area contributed by atoms with Gasteiger partial charge in [-0.1, -0.05) is 11.8 Å². The number of rotatable bonds is 11. The first-order chi connectivity index (χ1) is 19.9. The molecule has 1 aliphatic rings. The smallest absolute Gasteiger partial charge is 0.391 e. The van der Waals surface area contributed by atoms with E-state index < -0.39 is 66.2 Å². The van der Waals surface area contributed by atoms with Crippen LogP contribution in [0, 0.1) is 11.8 Å². The third-order valence-corrected chi connectivity index (χ3v) is 8.89. The van der Waals surface area contributed by atoms with Crippen LogP contribution < -0.4 is 27.5 Å². The molecule has 3 heterocycles. The standard InChI is InChI=1S/C18H23N6O16P3/c19-15-10(2-1-5-21-16(27)9-3-4-12(38-20)22-6-9)7-24(18(28)23-15)17-14(26)13(25)11(37-17)8-36-42(32,33)40-43(34,35)39-41(29,30)31/h3-4,6-7,11,13-14,17,25-26H,5,8,20H2,(H,21,27)(H,32,33)(H,34,35)(H2,19,23,28)(H2,29,30,31)/t11-,13-,14-,17-/m1/s1. The first-order valence-corrected chi connectivity index (χ1v) is 15.7. The number of nitrogens with two attached hydrogens (primary N) is 2. The lowest BCUT2D eigenvalue weighted by molar-refractivity contribution is -0.0541. The summed E-state index contributed by atoms with van der Waals surface area (Å²) in [6.45, 7) is -1.31. The zero-order valence-electron chi connectivity index (χ0n) is 21.1. The number of pyridine rings is 1. The summed E-state index contributed by atoms with van der Waals surface area (Å²) in [6.07, 6.45) is -4.88. The molecule has 0 radical (unpaired) electrons. The molecule has 3 rings (SSSR count). The average Bonchev–Trinajstić information content (AvgIpc) is 3.17. The molecule has 2 aromatic rings. The van der Waals surface area contributed by atoms with E-state index in [0.717, 1.165) is 6.20 Å². The van der Waals surface area contributed by atoms with E-state index in [1.165, 1.54) is 18.3 Å². The summed E-state index contributed by atoms with van der Waals surface area (Å²) < 4.78 is 51.6. The van der Waals surface area contributed by atoms with Crippen LogP contribution in [0.4, 0.5) is 5.82 Å². The van der Waals surface area contributed by atoms with E-state index in [2.05, 4.69) is 45.1 Å². The number of aromatic nitrogens is 3. The Morgan fingerprint density at radius 3 is 2.42 bits per heavy atom. The summed E-state index contributed by atoms with van der Waals surface area (Å²) in [5.74, 6) is 9.30. The Bertz CT molecular complexity index is 1600. The second-order valence-corrected chi connectivity index (χ2v) is 12.6. The fourth-order valence-electron chi connectivity index (χ4n) is 3.28. The number of nitrogens with zero attached hydrogens (tertiary/aromatic N) is 3. The lowest BCUT2D eigenvalue weighted by Gasteiger charge is -2.19.